The van der Waals surface area contributed by atoms with Crippen molar-refractivity contribution in [3.8, 4) is 17.0 Å². The van der Waals surface area contributed by atoms with Crippen LogP contribution < -0.4 is 0 Å². The summed E-state index contributed by atoms with van der Waals surface area (Å²) in [4.78, 5) is 9.45. The first-order valence-electron chi connectivity index (χ1n) is 12.9. The summed E-state index contributed by atoms with van der Waals surface area (Å²) in [5.41, 5.74) is 8.86. The van der Waals surface area contributed by atoms with E-state index in [0.717, 1.165) is 68.5 Å². The lowest BCUT2D eigenvalue weighted by Gasteiger charge is -2.21. The summed E-state index contributed by atoms with van der Waals surface area (Å²) >= 11 is 1.65. The number of hydrogen-bond acceptors (Lipinski definition) is 5. The van der Waals surface area contributed by atoms with Crippen LogP contribution in [0, 0.1) is 5.92 Å². The average Bonchev–Trinajstić information content (AvgIpc) is 3.68. The monoisotopic (exact) mass is 523 g/mol. The first-order chi connectivity index (χ1) is 18.5. The Morgan fingerprint density at radius 3 is 2.84 bits per heavy atom. The molecule has 38 heavy (non-hydrogen) atoms. The topological polar surface area (TPSA) is 80.4 Å². The maximum atomic E-state index is 11.1. The van der Waals surface area contributed by atoms with Crippen LogP contribution in [0.5, 0.6) is 5.88 Å². The summed E-state index contributed by atoms with van der Waals surface area (Å²) in [5.74, 6) is 0.671. The first kappa shape index (κ1) is 23.1. The Balaban J connectivity index is 1.63. The van der Waals surface area contributed by atoms with Crippen LogP contribution in [0.15, 0.2) is 53.3 Å². The van der Waals surface area contributed by atoms with Gasteiger partial charge in [0.2, 0.25) is 0 Å². The molecule has 192 valence electrons. The van der Waals surface area contributed by atoms with Crippen LogP contribution in [0.3, 0.4) is 0 Å². The van der Waals surface area contributed by atoms with Gasteiger partial charge in [0, 0.05) is 64.4 Å². The summed E-state index contributed by atoms with van der Waals surface area (Å²) in [6, 6.07) is 10.7. The number of nitrogens with zero attached hydrogens (tertiary/aromatic N) is 4. The molecule has 7 nitrogen and oxygen atoms in total. The van der Waals surface area contributed by atoms with Crippen molar-refractivity contribution in [2.24, 2.45) is 18.1 Å². The predicted octanol–water partition coefficient (Wildman–Crippen LogP) is 6.60. The molecular weight excluding hydrogens is 494 g/mol. The summed E-state index contributed by atoms with van der Waals surface area (Å²) in [6.45, 7) is 5.43. The van der Waals surface area contributed by atoms with Crippen molar-refractivity contribution >= 4 is 49.6 Å². The molecular formula is C30H29N5O2S. The molecule has 0 aliphatic heterocycles. The molecule has 0 radical (unpaired) electrons. The quantitative estimate of drug-likeness (QED) is 0.197. The van der Waals surface area contributed by atoms with Crippen LogP contribution >= 0.6 is 11.3 Å². The molecule has 0 spiro atoms. The van der Waals surface area contributed by atoms with E-state index in [-0.39, 0.29) is 5.88 Å². The van der Waals surface area contributed by atoms with Crippen molar-refractivity contribution in [1.29, 1.82) is 0 Å². The highest BCUT2D eigenvalue weighted by Gasteiger charge is 2.30. The second-order valence-corrected chi connectivity index (χ2v) is 11.5. The zero-order valence-electron chi connectivity index (χ0n) is 21.9. The number of nitrogens with one attached hydrogen (secondary N) is 1. The van der Waals surface area contributed by atoms with Gasteiger partial charge in [-0.1, -0.05) is 31.1 Å². The molecule has 2 N–H and O–H groups in total. The van der Waals surface area contributed by atoms with E-state index in [0.29, 0.717) is 5.92 Å². The third kappa shape index (κ3) is 3.26. The minimum Gasteiger partial charge on any atom is -0.494 e. The number of oxime groups is 1. The number of H-pyrrole nitrogens is 1. The molecule has 0 amide bonds. The van der Waals surface area contributed by atoms with E-state index in [2.05, 4.69) is 64.4 Å². The highest BCUT2D eigenvalue weighted by molar-refractivity contribution is 7.12. The Morgan fingerprint density at radius 2 is 2.08 bits per heavy atom. The normalized spacial score (nSPS) is 13.7. The summed E-state index contributed by atoms with van der Waals surface area (Å²) in [6.07, 6.45) is 5.80. The largest absolute Gasteiger partial charge is 0.494 e. The van der Waals surface area contributed by atoms with Crippen LogP contribution in [-0.2, 0) is 31.3 Å². The third-order valence-corrected chi connectivity index (χ3v) is 8.45. The zero-order chi connectivity index (χ0) is 26.1. The van der Waals surface area contributed by atoms with Crippen LogP contribution in [0.1, 0.15) is 35.5 Å². The molecule has 4 aromatic heterocycles. The number of fused-ring (bicyclic) bond motifs is 10. The Kier molecular flexibility index (Phi) is 5.16. The lowest BCUT2D eigenvalue weighted by Crippen LogP contribution is -2.09. The molecule has 1 aliphatic rings. The third-order valence-electron chi connectivity index (χ3n) is 7.57. The van der Waals surface area contributed by atoms with Gasteiger partial charge in [0.05, 0.1) is 21.5 Å². The summed E-state index contributed by atoms with van der Waals surface area (Å²) in [5, 5.41) is 26.5. The summed E-state index contributed by atoms with van der Waals surface area (Å²) in [7, 11) is 3.56. The number of aryl methyl sites for hydroxylation is 3. The van der Waals surface area contributed by atoms with Gasteiger partial charge in [0.25, 0.3) is 0 Å². The minimum atomic E-state index is 0.205. The van der Waals surface area contributed by atoms with Crippen molar-refractivity contribution < 1.29 is 9.94 Å². The van der Waals surface area contributed by atoms with Crippen molar-refractivity contribution in [2.75, 3.05) is 7.11 Å². The maximum Gasteiger partial charge on any atom is 0.197 e. The first-order valence-corrected chi connectivity index (χ1v) is 13.8. The fraction of sp³-hybridized carbons (Fsp3) is 0.267. The van der Waals surface area contributed by atoms with Gasteiger partial charge in [-0.15, -0.1) is 11.3 Å². The molecule has 6 aromatic rings. The van der Waals surface area contributed by atoms with Gasteiger partial charge in [0.15, 0.2) is 5.88 Å². The highest BCUT2D eigenvalue weighted by Crippen LogP contribution is 2.49. The van der Waals surface area contributed by atoms with E-state index < -0.39 is 0 Å². The Morgan fingerprint density at radius 1 is 1.21 bits per heavy atom. The van der Waals surface area contributed by atoms with Gasteiger partial charge in [-0.2, -0.15) is 5.10 Å². The smallest absolute Gasteiger partial charge is 0.197 e. The molecule has 0 unspecified atom stereocenters. The minimum absolute atomic E-state index is 0.205. The van der Waals surface area contributed by atoms with E-state index in [1.54, 1.807) is 18.4 Å². The van der Waals surface area contributed by atoms with Crippen LogP contribution in [0.2, 0.25) is 0 Å². The fourth-order valence-corrected chi connectivity index (χ4v) is 6.96. The van der Waals surface area contributed by atoms with Crippen LogP contribution in [0.4, 0.5) is 0 Å². The fourth-order valence-electron chi connectivity index (χ4n) is 6.23. The molecule has 0 fully saturated rings. The molecule has 7 rings (SSSR count). The van der Waals surface area contributed by atoms with Crippen molar-refractivity contribution in [3.63, 3.8) is 0 Å². The van der Waals surface area contributed by atoms with Crippen molar-refractivity contribution in [3.05, 3.63) is 69.8 Å². The van der Waals surface area contributed by atoms with Gasteiger partial charge in [0.1, 0.15) is 12.8 Å². The molecule has 0 saturated heterocycles. The SMILES string of the molecule is CON=C(c1ccc2c(c1)c1c3c[nH]c(O)c3c3c(c1n2CC(C)C)CCc1nn(C)cc1-3)c1cccs1. The highest BCUT2D eigenvalue weighted by atomic mass is 32.1. The lowest BCUT2D eigenvalue weighted by molar-refractivity contribution is 0.214. The standard InChI is InChI=1S/C30H29N5O2S/c1-16(2)14-35-23-10-7-17(28(33-37-4)24-6-5-11-38-24)12-19(23)26-20-13-31-30(36)27(20)25-18(29(26)35)8-9-22-21(25)15-34(3)32-22/h5-7,10-13,15-16,31,36H,8-9,14H2,1-4H3. The van der Waals surface area contributed by atoms with E-state index >= 15 is 0 Å². The van der Waals surface area contributed by atoms with Gasteiger partial charge in [-0.25, -0.2) is 0 Å². The number of aromatic nitrogens is 4. The number of thiophene rings is 1. The van der Waals surface area contributed by atoms with Gasteiger partial charge in [-0.3, -0.25) is 4.68 Å². The van der Waals surface area contributed by atoms with Crippen LogP contribution in [-0.4, -0.2) is 37.3 Å². The van der Waals surface area contributed by atoms with E-state index in [1.165, 1.54) is 22.0 Å². The number of benzene rings is 2. The number of aromatic hydroxyl groups is 1. The molecule has 1 aliphatic carbocycles. The Bertz CT molecular complexity index is 1890. The molecule has 0 saturated carbocycles. The van der Waals surface area contributed by atoms with E-state index in [1.807, 2.05) is 24.0 Å². The predicted molar refractivity (Wildman–Crippen MR) is 154 cm³/mol. The average molecular weight is 524 g/mol. The van der Waals surface area contributed by atoms with Gasteiger partial charge in [-0.05, 0) is 47.9 Å². The molecule has 4 heterocycles. The number of aromatic amines is 1. The molecule has 0 atom stereocenters. The molecule has 0 bridgehead atoms. The van der Waals surface area contributed by atoms with Gasteiger partial charge >= 0.3 is 0 Å². The van der Waals surface area contributed by atoms with Gasteiger partial charge < -0.3 is 19.5 Å². The molecule has 2 aromatic carbocycles. The zero-order valence-corrected chi connectivity index (χ0v) is 22.7. The van der Waals surface area contributed by atoms with Crippen molar-refractivity contribution in [2.45, 2.75) is 33.2 Å². The molecule has 8 heteroatoms. The van der Waals surface area contributed by atoms with Crippen LogP contribution in [0.25, 0.3) is 43.7 Å². The number of hydrogen-bond donors (Lipinski definition) is 2. The number of rotatable bonds is 5. The maximum absolute atomic E-state index is 11.1. The lowest BCUT2D eigenvalue weighted by atomic mass is 9.85. The second kappa shape index (κ2) is 8.49. The van der Waals surface area contributed by atoms with Crippen molar-refractivity contribution in [1.82, 2.24) is 19.3 Å². The second-order valence-electron chi connectivity index (χ2n) is 10.5. The summed E-state index contributed by atoms with van der Waals surface area (Å²) < 4.78 is 4.37. The Labute approximate surface area is 224 Å². The Hall–Kier alpha value is -4.04. The van der Waals surface area contributed by atoms with E-state index in [4.69, 9.17) is 9.94 Å². The van der Waals surface area contributed by atoms with E-state index in [9.17, 15) is 5.11 Å².